The molecule has 0 spiro atoms. The summed E-state index contributed by atoms with van der Waals surface area (Å²) in [5.41, 5.74) is 6.03. The van der Waals surface area contributed by atoms with E-state index < -0.39 is 0 Å². The lowest BCUT2D eigenvalue weighted by Crippen LogP contribution is -2.25. The SMILES string of the molecule is NC1CCCC1Cc1ccc(Br)s1. The maximum Gasteiger partial charge on any atom is 0.0701 e. The van der Waals surface area contributed by atoms with Crippen LogP contribution >= 0.6 is 27.3 Å². The summed E-state index contributed by atoms with van der Waals surface area (Å²) in [6, 6.07) is 4.78. The Kier molecular flexibility index (Phi) is 3.06. The van der Waals surface area contributed by atoms with Crippen LogP contribution in [-0.2, 0) is 6.42 Å². The van der Waals surface area contributed by atoms with Gasteiger partial charge in [0.1, 0.15) is 0 Å². The van der Waals surface area contributed by atoms with Crippen LogP contribution in [0.5, 0.6) is 0 Å². The highest BCUT2D eigenvalue weighted by atomic mass is 79.9. The van der Waals surface area contributed by atoms with Crippen molar-refractivity contribution in [2.45, 2.75) is 31.7 Å². The fourth-order valence-electron chi connectivity index (χ4n) is 2.04. The van der Waals surface area contributed by atoms with Crippen LogP contribution in [0.1, 0.15) is 24.1 Å². The Morgan fingerprint density at radius 3 is 2.85 bits per heavy atom. The Morgan fingerprint density at radius 1 is 1.46 bits per heavy atom. The highest BCUT2D eigenvalue weighted by molar-refractivity contribution is 9.11. The topological polar surface area (TPSA) is 26.0 Å². The molecule has 2 N–H and O–H groups in total. The number of hydrogen-bond donors (Lipinski definition) is 1. The van der Waals surface area contributed by atoms with Gasteiger partial charge >= 0.3 is 0 Å². The molecule has 2 unspecified atom stereocenters. The average molecular weight is 260 g/mol. The van der Waals surface area contributed by atoms with Crippen molar-refractivity contribution < 1.29 is 0 Å². The number of rotatable bonds is 2. The Labute approximate surface area is 91.5 Å². The fraction of sp³-hybridized carbons (Fsp3) is 0.600. The predicted molar refractivity (Wildman–Crippen MR) is 61.0 cm³/mol. The third-order valence-corrected chi connectivity index (χ3v) is 4.46. The second-order valence-corrected chi connectivity index (χ2v) is 6.31. The highest BCUT2D eigenvalue weighted by Crippen LogP contribution is 2.31. The van der Waals surface area contributed by atoms with Crippen molar-refractivity contribution in [3.05, 3.63) is 20.8 Å². The van der Waals surface area contributed by atoms with E-state index in [1.807, 2.05) is 11.3 Å². The van der Waals surface area contributed by atoms with Crippen molar-refractivity contribution in [2.24, 2.45) is 11.7 Å². The van der Waals surface area contributed by atoms with Gasteiger partial charge in [-0.2, -0.15) is 0 Å². The summed E-state index contributed by atoms with van der Waals surface area (Å²) in [4.78, 5) is 1.47. The summed E-state index contributed by atoms with van der Waals surface area (Å²) in [5.74, 6) is 0.727. The van der Waals surface area contributed by atoms with Gasteiger partial charge in [0.25, 0.3) is 0 Å². The third-order valence-electron chi connectivity index (χ3n) is 2.81. The monoisotopic (exact) mass is 259 g/mol. The molecule has 0 saturated heterocycles. The van der Waals surface area contributed by atoms with Gasteiger partial charge in [-0.15, -0.1) is 11.3 Å². The first-order chi connectivity index (χ1) is 6.25. The quantitative estimate of drug-likeness (QED) is 0.868. The Balaban J connectivity index is 1.97. The van der Waals surface area contributed by atoms with E-state index in [2.05, 4.69) is 28.1 Å². The normalized spacial score (nSPS) is 28.2. The molecule has 0 aliphatic heterocycles. The fourth-order valence-corrected chi connectivity index (χ4v) is 3.61. The van der Waals surface area contributed by atoms with Crippen molar-refractivity contribution in [2.75, 3.05) is 0 Å². The molecule has 1 aromatic heterocycles. The molecule has 72 valence electrons. The van der Waals surface area contributed by atoms with Crippen molar-refractivity contribution >= 4 is 27.3 Å². The molecule has 1 fully saturated rings. The second kappa shape index (κ2) is 4.11. The Bertz CT molecular complexity index is 284. The van der Waals surface area contributed by atoms with Crippen LogP contribution in [0.25, 0.3) is 0 Å². The molecule has 1 aliphatic carbocycles. The van der Waals surface area contributed by atoms with E-state index in [1.54, 1.807) is 0 Å². The first-order valence-corrected chi connectivity index (χ1v) is 6.36. The third kappa shape index (κ3) is 2.33. The minimum atomic E-state index is 0.445. The lowest BCUT2D eigenvalue weighted by molar-refractivity contribution is 0.482. The number of nitrogens with two attached hydrogens (primary N) is 1. The van der Waals surface area contributed by atoms with Crippen LogP contribution in [0.3, 0.4) is 0 Å². The molecule has 2 rings (SSSR count). The van der Waals surface area contributed by atoms with E-state index in [0.717, 1.165) is 5.92 Å². The number of halogens is 1. The maximum absolute atomic E-state index is 6.03. The molecule has 1 nitrogen and oxygen atoms in total. The van der Waals surface area contributed by atoms with Crippen molar-refractivity contribution in [1.82, 2.24) is 0 Å². The molecule has 1 aliphatic rings. The van der Waals surface area contributed by atoms with Crippen LogP contribution < -0.4 is 5.73 Å². The Hall–Kier alpha value is 0.140. The van der Waals surface area contributed by atoms with E-state index >= 15 is 0 Å². The molecule has 1 saturated carbocycles. The van der Waals surface area contributed by atoms with Crippen LogP contribution in [0.15, 0.2) is 15.9 Å². The zero-order chi connectivity index (χ0) is 9.26. The number of thiophene rings is 1. The molecule has 0 aromatic carbocycles. The summed E-state index contributed by atoms with van der Waals surface area (Å²) in [6.45, 7) is 0. The van der Waals surface area contributed by atoms with E-state index in [0.29, 0.717) is 6.04 Å². The summed E-state index contributed by atoms with van der Waals surface area (Å²) >= 11 is 5.32. The zero-order valence-electron chi connectivity index (χ0n) is 7.50. The van der Waals surface area contributed by atoms with E-state index in [1.165, 1.54) is 34.3 Å². The maximum atomic E-state index is 6.03. The summed E-state index contributed by atoms with van der Waals surface area (Å²) in [6.07, 6.45) is 5.03. The van der Waals surface area contributed by atoms with Crippen molar-refractivity contribution in [3.8, 4) is 0 Å². The lowest BCUT2D eigenvalue weighted by atomic mass is 9.99. The minimum Gasteiger partial charge on any atom is -0.327 e. The predicted octanol–water partition coefficient (Wildman–Crippen LogP) is 3.18. The van der Waals surface area contributed by atoms with Gasteiger partial charge < -0.3 is 5.73 Å². The highest BCUT2D eigenvalue weighted by Gasteiger charge is 2.24. The van der Waals surface area contributed by atoms with E-state index in [-0.39, 0.29) is 0 Å². The summed E-state index contributed by atoms with van der Waals surface area (Å²) in [5, 5.41) is 0. The van der Waals surface area contributed by atoms with Gasteiger partial charge in [0, 0.05) is 10.9 Å². The molecule has 13 heavy (non-hydrogen) atoms. The molecule has 1 aromatic rings. The van der Waals surface area contributed by atoms with Crippen LogP contribution in [0.4, 0.5) is 0 Å². The van der Waals surface area contributed by atoms with Crippen molar-refractivity contribution in [3.63, 3.8) is 0 Å². The van der Waals surface area contributed by atoms with Gasteiger partial charge in [-0.25, -0.2) is 0 Å². The van der Waals surface area contributed by atoms with Gasteiger partial charge in [0.2, 0.25) is 0 Å². The smallest absolute Gasteiger partial charge is 0.0701 e. The lowest BCUT2D eigenvalue weighted by Gasteiger charge is -2.13. The van der Waals surface area contributed by atoms with Gasteiger partial charge in [-0.05, 0) is 53.2 Å². The first-order valence-electron chi connectivity index (χ1n) is 4.75. The molecule has 1 heterocycles. The van der Waals surface area contributed by atoms with Gasteiger partial charge in [-0.3, -0.25) is 0 Å². The van der Waals surface area contributed by atoms with Crippen molar-refractivity contribution in [1.29, 1.82) is 0 Å². The van der Waals surface area contributed by atoms with Gasteiger partial charge in [0.05, 0.1) is 3.79 Å². The molecule has 2 atom stereocenters. The summed E-state index contributed by atoms with van der Waals surface area (Å²) in [7, 11) is 0. The minimum absolute atomic E-state index is 0.445. The molecule has 3 heteroatoms. The van der Waals surface area contributed by atoms with Crippen LogP contribution in [0.2, 0.25) is 0 Å². The second-order valence-electron chi connectivity index (χ2n) is 3.76. The van der Waals surface area contributed by atoms with Crippen LogP contribution in [-0.4, -0.2) is 6.04 Å². The largest absolute Gasteiger partial charge is 0.327 e. The van der Waals surface area contributed by atoms with Crippen LogP contribution in [0, 0.1) is 5.92 Å². The molecule has 0 amide bonds. The average Bonchev–Trinajstić information content (AvgIpc) is 2.64. The van der Waals surface area contributed by atoms with E-state index in [9.17, 15) is 0 Å². The van der Waals surface area contributed by atoms with E-state index in [4.69, 9.17) is 5.73 Å². The number of hydrogen-bond acceptors (Lipinski definition) is 2. The summed E-state index contributed by atoms with van der Waals surface area (Å²) < 4.78 is 1.23. The molecule has 0 radical (unpaired) electrons. The van der Waals surface area contributed by atoms with Gasteiger partial charge in [-0.1, -0.05) is 6.42 Å². The zero-order valence-corrected chi connectivity index (χ0v) is 9.90. The molecular formula is C10H14BrNS. The van der Waals surface area contributed by atoms with Gasteiger partial charge in [0.15, 0.2) is 0 Å². The molecular weight excluding hydrogens is 246 g/mol. The Morgan fingerprint density at radius 2 is 2.31 bits per heavy atom. The first kappa shape index (κ1) is 9.69. The standard InChI is InChI=1S/C10H14BrNS/c11-10-5-4-8(13-10)6-7-2-1-3-9(7)12/h4-5,7,9H,1-3,6,12H2. The molecule has 0 bridgehead atoms.